The summed E-state index contributed by atoms with van der Waals surface area (Å²) < 4.78 is 16.6. The lowest BCUT2D eigenvalue weighted by Gasteiger charge is -2.23. The van der Waals surface area contributed by atoms with Gasteiger partial charge in [0.25, 0.3) is 0 Å². The zero-order chi connectivity index (χ0) is 19.3. The molecule has 2 fully saturated rings. The van der Waals surface area contributed by atoms with Crippen LogP contribution in [0.3, 0.4) is 0 Å². The van der Waals surface area contributed by atoms with Crippen molar-refractivity contribution < 1.29 is 23.5 Å². The first kappa shape index (κ1) is 17.1. The monoisotopic (exact) mass is 380 g/mol. The van der Waals surface area contributed by atoms with E-state index >= 15 is 0 Å². The molecule has 2 bridgehead atoms. The van der Waals surface area contributed by atoms with Gasteiger partial charge in [0.2, 0.25) is 11.8 Å². The van der Waals surface area contributed by atoms with Crippen LogP contribution in [0.2, 0.25) is 0 Å². The van der Waals surface area contributed by atoms with Crippen LogP contribution in [0.15, 0.2) is 59.2 Å². The smallest absolute Gasteiger partial charge is 0.234 e. The van der Waals surface area contributed by atoms with Gasteiger partial charge in [0.15, 0.2) is 0 Å². The Morgan fingerprint density at radius 1 is 1.32 bits per heavy atom. The summed E-state index contributed by atoms with van der Waals surface area (Å²) in [6.45, 7) is 0.687. The molecule has 7 nitrogen and oxygen atoms in total. The molecule has 28 heavy (non-hydrogen) atoms. The Hall–Kier alpha value is -3.06. The Kier molecular flexibility index (Phi) is 3.80. The molecule has 1 spiro atoms. The zero-order valence-corrected chi connectivity index (χ0v) is 15.3. The van der Waals surface area contributed by atoms with Crippen molar-refractivity contribution in [2.24, 2.45) is 11.8 Å². The van der Waals surface area contributed by atoms with Crippen molar-refractivity contribution in [2.45, 2.75) is 18.2 Å². The van der Waals surface area contributed by atoms with Gasteiger partial charge in [-0.2, -0.15) is 0 Å². The highest BCUT2D eigenvalue weighted by atomic mass is 16.5. The topological polar surface area (TPSA) is 81.0 Å². The highest BCUT2D eigenvalue weighted by molar-refractivity contribution is 6.03. The van der Waals surface area contributed by atoms with E-state index in [0.717, 1.165) is 11.4 Å². The molecule has 1 aromatic heterocycles. The average molecular weight is 380 g/mol. The summed E-state index contributed by atoms with van der Waals surface area (Å²) in [6, 6.07) is 10.9. The molecular weight excluding hydrogens is 360 g/mol. The molecule has 0 radical (unpaired) electrons. The van der Waals surface area contributed by atoms with E-state index in [1.807, 2.05) is 36.4 Å². The maximum Gasteiger partial charge on any atom is 0.234 e. The second-order valence-corrected chi connectivity index (χ2v) is 7.32. The van der Waals surface area contributed by atoms with Crippen LogP contribution in [0.4, 0.5) is 5.69 Å². The molecule has 4 heterocycles. The molecule has 2 amide bonds. The molecule has 1 N–H and O–H groups in total. The fourth-order valence-electron chi connectivity index (χ4n) is 4.48. The van der Waals surface area contributed by atoms with Gasteiger partial charge >= 0.3 is 0 Å². The summed E-state index contributed by atoms with van der Waals surface area (Å²) >= 11 is 0. The lowest BCUT2D eigenvalue weighted by molar-refractivity contribution is -0.132. The van der Waals surface area contributed by atoms with Crippen LogP contribution in [0.25, 0.3) is 0 Å². The largest absolute Gasteiger partial charge is 0.497 e. The Labute approximate surface area is 161 Å². The van der Waals surface area contributed by atoms with Crippen molar-refractivity contribution >= 4 is 17.5 Å². The number of fused-ring (bicyclic) bond motifs is 1. The minimum absolute atomic E-state index is 0.0878. The number of nitrogens with one attached hydrogen (secondary N) is 1. The van der Waals surface area contributed by atoms with Crippen molar-refractivity contribution in [3.63, 3.8) is 0 Å². The lowest BCUT2D eigenvalue weighted by Crippen LogP contribution is -2.43. The number of anilines is 1. The molecule has 0 saturated carbocycles. The maximum atomic E-state index is 13.3. The van der Waals surface area contributed by atoms with Crippen LogP contribution < -0.4 is 15.0 Å². The Morgan fingerprint density at radius 2 is 2.14 bits per heavy atom. The number of ether oxygens (including phenoxy) is 2. The van der Waals surface area contributed by atoms with Gasteiger partial charge in [0, 0.05) is 5.69 Å². The molecule has 3 unspecified atom stereocenters. The molecule has 7 heteroatoms. The third kappa shape index (κ3) is 2.46. The molecule has 144 valence electrons. The highest BCUT2D eigenvalue weighted by Crippen LogP contribution is 2.52. The number of nitrogens with zero attached hydrogens (tertiary/aromatic N) is 1. The van der Waals surface area contributed by atoms with Gasteiger partial charge in [-0.3, -0.25) is 9.59 Å². The van der Waals surface area contributed by atoms with E-state index < -0.39 is 17.4 Å². The number of benzene rings is 1. The number of amides is 2. The summed E-state index contributed by atoms with van der Waals surface area (Å²) in [4.78, 5) is 27.8. The second kappa shape index (κ2) is 6.24. The fourth-order valence-corrected chi connectivity index (χ4v) is 4.48. The quantitative estimate of drug-likeness (QED) is 0.802. The zero-order valence-electron chi connectivity index (χ0n) is 15.3. The van der Waals surface area contributed by atoms with Crippen LogP contribution in [0, 0.1) is 11.8 Å². The van der Waals surface area contributed by atoms with Gasteiger partial charge in [-0.15, -0.1) is 0 Å². The van der Waals surface area contributed by atoms with Crippen LogP contribution >= 0.6 is 0 Å². The van der Waals surface area contributed by atoms with E-state index in [1.165, 1.54) is 0 Å². The molecule has 3 aliphatic rings. The van der Waals surface area contributed by atoms with Crippen molar-refractivity contribution in [1.29, 1.82) is 0 Å². The molecule has 1 aromatic carbocycles. The van der Waals surface area contributed by atoms with Crippen LogP contribution in [0.5, 0.6) is 5.75 Å². The summed E-state index contributed by atoms with van der Waals surface area (Å²) in [6.07, 6.45) is 5.04. The van der Waals surface area contributed by atoms with E-state index in [2.05, 4.69) is 5.32 Å². The maximum absolute atomic E-state index is 13.3. The SMILES string of the molecule is COc1ccc(N2CC34C=CC(O3)C(C(=O)NCc3ccco3)[C@H]4C2=O)cc1. The summed E-state index contributed by atoms with van der Waals surface area (Å²) in [5.74, 6) is 0.0379. The van der Waals surface area contributed by atoms with Crippen LogP contribution in [0.1, 0.15) is 5.76 Å². The van der Waals surface area contributed by atoms with Crippen LogP contribution in [-0.4, -0.2) is 37.2 Å². The fraction of sp³-hybridized carbons (Fsp3) is 0.333. The van der Waals surface area contributed by atoms with Crippen molar-refractivity contribution in [3.8, 4) is 5.75 Å². The first-order chi connectivity index (χ1) is 13.6. The van der Waals surface area contributed by atoms with Gasteiger partial charge < -0.3 is 24.1 Å². The molecule has 2 aromatic rings. The van der Waals surface area contributed by atoms with Gasteiger partial charge in [0.05, 0.1) is 44.4 Å². The summed E-state index contributed by atoms with van der Waals surface area (Å²) in [5.41, 5.74) is 0.0266. The van der Waals surface area contributed by atoms with E-state index in [0.29, 0.717) is 12.3 Å². The summed E-state index contributed by atoms with van der Waals surface area (Å²) in [7, 11) is 1.60. The number of hydrogen-bond donors (Lipinski definition) is 1. The van der Waals surface area contributed by atoms with Crippen molar-refractivity contribution in [1.82, 2.24) is 5.32 Å². The molecule has 2 saturated heterocycles. The first-order valence-electron chi connectivity index (χ1n) is 9.24. The van der Waals surface area contributed by atoms with E-state index in [9.17, 15) is 9.59 Å². The standard InChI is InChI=1S/C21H20N2O5/c1-26-14-6-4-13(5-7-14)23-12-21-9-8-16(28-21)17(18(21)20(23)25)19(24)22-11-15-3-2-10-27-15/h2-10,16-18H,11-12H2,1H3,(H,22,24)/t16?,17?,18-,21?/m0/s1. The number of methoxy groups -OCH3 is 1. The molecule has 3 aliphatic heterocycles. The molecule has 0 aliphatic carbocycles. The Balaban J connectivity index is 1.38. The number of hydrogen-bond acceptors (Lipinski definition) is 5. The molecular formula is C21H20N2O5. The summed E-state index contributed by atoms with van der Waals surface area (Å²) in [5, 5.41) is 2.88. The number of carbonyl (C=O) groups is 2. The lowest BCUT2D eigenvalue weighted by atomic mass is 9.77. The van der Waals surface area contributed by atoms with Gasteiger partial charge in [-0.1, -0.05) is 12.2 Å². The molecule has 4 atom stereocenters. The van der Waals surface area contributed by atoms with E-state index in [-0.39, 0.29) is 24.5 Å². The first-order valence-corrected chi connectivity index (χ1v) is 9.24. The normalized spacial score (nSPS) is 30.0. The number of rotatable bonds is 5. The Bertz CT molecular complexity index is 936. The molecule has 5 rings (SSSR count). The van der Waals surface area contributed by atoms with Crippen LogP contribution in [-0.2, 0) is 20.9 Å². The average Bonchev–Trinajstić information content (AvgIpc) is 3.48. The third-order valence-electron chi connectivity index (χ3n) is 5.80. The highest BCUT2D eigenvalue weighted by Gasteiger charge is 2.67. The van der Waals surface area contributed by atoms with Gasteiger partial charge in [-0.05, 0) is 36.4 Å². The van der Waals surface area contributed by atoms with Crippen molar-refractivity contribution in [3.05, 3.63) is 60.6 Å². The minimum Gasteiger partial charge on any atom is -0.497 e. The minimum atomic E-state index is -0.742. The number of carbonyl (C=O) groups excluding carboxylic acids is 2. The van der Waals surface area contributed by atoms with E-state index in [4.69, 9.17) is 13.9 Å². The third-order valence-corrected chi connectivity index (χ3v) is 5.80. The number of furan rings is 1. The second-order valence-electron chi connectivity index (χ2n) is 7.32. The predicted octanol–water partition coefficient (Wildman–Crippen LogP) is 1.89. The van der Waals surface area contributed by atoms with Gasteiger partial charge in [0.1, 0.15) is 17.1 Å². The Morgan fingerprint density at radius 3 is 2.86 bits per heavy atom. The van der Waals surface area contributed by atoms with Crippen molar-refractivity contribution in [2.75, 3.05) is 18.6 Å². The predicted molar refractivity (Wildman–Crippen MR) is 99.6 cm³/mol. The van der Waals surface area contributed by atoms with Gasteiger partial charge in [-0.25, -0.2) is 0 Å². The van der Waals surface area contributed by atoms with E-state index in [1.54, 1.807) is 30.4 Å².